The SMILES string of the molecule is CCCN1C(=O)C[C@@H](Sc2ncccc2C(=O)O)C1=O. The summed E-state index contributed by atoms with van der Waals surface area (Å²) in [6.07, 6.45) is 2.28. The highest BCUT2D eigenvalue weighted by atomic mass is 32.2. The Morgan fingerprint density at radius 1 is 1.55 bits per heavy atom. The molecule has 1 fully saturated rings. The molecule has 1 aliphatic rings. The van der Waals surface area contributed by atoms with Crippen molar-refractivity contribution < 1.29 is 19.5 Å². The molecule has 1 atom stereocenters. The number of thioether (sulfide) groups is 1. The molecule has 0 spiro atoms. The van der Waals surface area contributed by atoms with Crippen LogP contribution in [0.25, 0.3) is 0 Å². The summed E-state index contributed by atoms with van der Waals surface area (Å²) in [5.41, 5.74) is 0.0479. The Morgan fingerprint density at radius 2 is 2.30 bits per heavy atom. The number of likely N-dealkylation sites (tertiary alicyclic amines) is 1. The predicted octanol–water partition coefficient (Wildman–Crippen LogP) is 1.41. The van der Waals surface area contributed by atoms with E-state index in [1.165, 1.54) is 23.2 Å². The molecular weight excluding hydrogens is 280 g/mol. The van der Waals surface area contributed by atoms with Crippen molar-refractivity contribution >= 4 is 29.5 Å². The Morgan fingerprint density at radius 3 is 2.95 bits per heavy atom. The zero-order valence-electron chi connectivity index (χ0n) is 10.9. The van der Waals surface area contributed by atoms with Crippen molar-refractivity contribution in [2.24, 2.45) is 0 Å². The third-order valence-corrected chi connectivity index (χ3v) is 4.11. The third kappa shape index (κ3) is 2.82. The molecule has 7 heteroatoms. The van der Waals surface area contributed by atoms with E-state index in [1.807, 2.05) is 6.92 Å². The monoisotopic (exact) mass is 294 g/mol. The van der Waals surface area contributed by atoms with Crippen molar-refractivity contribution in [1.82, 2.24) is 9.88 Å². The molecule has 0 radical (unpaired) electrons. The molecule has 1 saturated heterocycles. The normalized spacial score (nSPS) is 18.6. The summed E-state index contributed by atoms with van der Waals surface area (Å²) in [5.74, 6) is -1.56. The van der Waals surface area contributed by atoms with Crippen LogP contribution in [-0.4, -0.2) is 44.6 Å². The summed E-state index contributed by atoms with van der Waals surface area (Å²) in [4.78, 5) is 40.2. The quantitative estimate of drug-likeness (QED) is 0.826. The molecule has 0 aromatic carbocycles. The number of imide groups is 1. The molecule has 1 aliphatic heterocycles. The number of amides is 2. The van der Waals surface area contributed by atoms with Gasteiger partial charge < -0.3 is 5.11 Å². The zero-order chi connectivity index (χ0) is 14.7. The Kier molecular flexibility index (Phi) is 4.39. The van der Waals surface area contributed by atoms with Gasteiger partial charge in [0.25, 0.3) is 0 Å². The van der Waals surface area contributed by atoms with E-state index >= 15 is 0 Å². The Hall–Kier alpha value is -1.89. The van der Waals surface area contributed by atoms with Gasteiger partial charge in [0.2, 0.25) is 11.8 Å². The van der Waals surface area contributed by atoms with Gasteiger partial charge in [0.1, 0.15) is 5.03 Å². The molecule has 2 heterocycles. The van der Waals surface area contributed by atoms with E-state index in [9.17, 15) is 14.4 Å². The molecular formula is C13H14N2O4S. The van der Waals surface area contributed by atoms with Crippen molar-refractivity contribution in [3.8, 4) is 0 Å². The van der Waals surface area contributed by atoms with Crippen molar-refractivity contribution in [2.75, 3.05) is 6.54 Å². The van der Waals surface area contributed by atoms with Gasteiger partial charge in [0, 0.05) is 19.2 Å². The smallest absolute Gasteiger partial charge is 0.338 e. The van der Waals surface area contributed by atoms with Crippen LogP contribution in [0.15, 0.2) is 23.4 Å². The van der Waals surface area contributed by atoms with E-state index < -0.39 is 11.2 Å². The van der Waals surface area contributed by atoms with Crippen LogP contribution in [0.1, 0.15) is 30.1 Å². The third-order valence-electron chi connectivity index (χ3n) is 2.91. The van der Waals surface area contributed by atoms with Gasteiger partial charge in [-0.15, -0.1) is 0 Å². The van der Waals surface area contributed by atoms with Crippen molar-refractivity contribution in [3.63, 3.8) is 0 Å². The summed E-state index contributed by atoms with van der Waals surface area (Å²) in [6, 6.07) is 2.96. The first-order chi connectivity index (χ1) is 9.54. The van der Waals surface area contributed by atoms with E-state index in [2.05, 4.69) is 4.98 Å². The lowest BCUT2D eigenvalue weighted by Crippen LogP contribution is -2.31. The molecule has 1 aromatic rings. The molecule has 1 aromatic heterocycles. The van der Waals surface area contributed by atoms with Crippen LogP contribution in [0.3, 0.4) is 0 Å². The lowest BCUT2D eigenvalue weighted by Gasteiger charge is -2.13. The second-order valence-corrected chi connectivity index (χ2v) is 5.55. The minimum Gasteiger partial charge on any atom is -0.478 e. The van der Waals surface area contributed by atoms with Crippen molar-refractivity contribution in [3.05, 3.63) is 23.9 Å². The van der Waals surface area contributed by atoms with Crippen molar-refractivity contribution in [2.45, 2.75) is 30.0 Å². The summed E-state index contributed by atoms with van der Waals surface area (Å²) in [6.45, 7) is 2.30. The van der Waals surface area contributed by atoms with E-state index in [0.717, 1.165) is 11.8 Å². The Bertz CT molecular complexity index is 561. The van der Waals surface area contributed by atoms with Crippen LogP contribution < -0.4 is 0 Å². The second-order valence-electron chi connectivity index (χ2n) is 4.36. The summed E-state index contributed by atoms with van der Waals surface area (Å²) in [5, 5.41) is 8.76. The fourth-order valence-electron chi connectivity index (χ4n) is 1.99. The number of hydrogen-bond donors (Lipinski definition) is 1. The summed E-state index contributed by atoms with van der Waals surface area (Å²) >= 11 is 1.04. The topological polar surface area (TPSA) is 87.6 Å². The first-order valence-electron chi connectivity index (χ1n) is 6.23. The minimum absolute atomic E-state index is 0.0479. The van der Waals surface area contributed by atoms with Gasteiger partial charge >= 0.3 is 5.97 Å². The largest absolute Gasteiger partial charge is 0.478 e. The number of hydrogen-bond acceptors (Lipinski definition) is 5. The van der Waals surface area contributed by atoms with Gasteiger partial charge in [-0.25, -0.2) is 9.78 Å². The predicted molar refractivity (Wildman–Crippen MR) is 72.5 cm³/mol. The number of pyridine rings is 1. The van der Waals surface area contributed by atoms with Gasteiger partial charge in [0.05, 0.1) is 10.8 Å². The fourth-order valence-corrected chi connectivity index (χ4v) is 3.11. The molecule has 106 valence electrons. The highest BCUT2D eigenvalue weighted by molar-refractivity contribution is 8.00. The molecule has 6 nitrogen and oxygen atoms in total. The molecule has 2 rings (SSSR count). The number of carbonyl (C=O) groups excluding carboxylic acids is 2. The first kappa shape index (κ1) is 14.5. The molecule has 0 aliphatic carbocycles. The van der Waals surface area contributed by atoms with Crippen LogP contribution in [0.4, 0.5) is 0 Å². The van der Waals surface area contributed by atoms with Gasteiger partial charge in [-0.1, -0.05) is 18.7 Å². The maximum atomic E-state index is 12.1. The molecule has 0 bridgehead atoms. The van der Waals surface area contributed by atoms with Gasteiger partial charge in [-0.3, -0.25) is 14.5 Å². The van der Waals surface area contributed by atoms with Crippen LogP contribution in [-0.2, 0) is 9.59 Å². The molecule has 2 amide bonds. The van der Waals surface area contributed by atoms with E-state index in [1.54, 1.807) is 0 Å². The average molecular weight is 294 g/mol. The fraction of sp³-hybridized carbons (Fsp3) is 0.385. The number of aromatic nitrogens is 1. The molecule has 20 heavy (non-hydrogen) atoms. The van der Waals surface area contributed by atoms with Crippen LogP contribution in [0, 0.1) is 0 Å². The standard InChI is InChI=1S/C13H14N2O4S/c1-2-6-15-10(16)7-9(12(15)17)20-11-8(13(18)19)4-3-5-14-11/h3-5,9H,2,6-7H2,1H3,(H,18,19)/t9-/m1/s1. The lowest BCUT2D eigenvalue weighted by molar-refractivity contribution is -0.138. The van der Waals surface area contributed by atoms with Crippen molar-refractivity contribution in [1.29, 1.82) is 0 Å². The number of carboxylic acid groups (broad SMARTS) is 1. The maximum absolute atomic E-state index is 12.1. The van der Waals surface area contributed by atoms with E-state index in [-0.39, 0.29) is 28.8 Å². The van der Waals surface area contributed by atoms with Gasteiger partial charge in [0.15, 0.2) is 0 Å². The van der Waals surface area contributed by atoms with Crippen LogP contribution >= 0.6 is 11.8 Å². The number of carboxylic acids is 1. The number of aromatic carboxylic acids is 1. The second kappa shape index (κ2) is 6.04. The summed E-state index contributed by atoms with van der Waals surface area (Å²) in [7, 11) is 0. The lowest BCUT2D eigenvalue weighted by atomic mass is 10.3. The Balaban J connectivity index is 2.18. The number of nitrogens with zero attached hydrogens (tertiary/aromatic N) is 2. The molecule has 0 unspecified atom stereocenters. The number of carbonyl (C=O) groups is 3. The zero-order valence-corrected chi connectivity index (χ0v) is 11.7. The number of rotatable bonds is 5. The molecule has 0 saturated carbocycles. The molecule has 1 N–H and O–H groups in total. The highest BCUT2D eigenvalue weighted by Crippen LogP contribution is 2.32. The van der Waals surface area contributed by atoms with Crippen LogP contribution in [0.5, 0.6) is 0 Å². The Labute approximate surface area is 120 Å². The van der Waals surface area contributed by atoms with E-state index in [4.69, 9.17) is 5.11 Å². The van der Waals surface area contributed by atoms with Gasteiger partial charge in [-0.2, -0.15) is 0 Å². The summed E-state index contributed by atoms with van der Waals surface area (Å²) < 4.78 is 0. The maximum Gasteiger partial charge on any atom is 0.338 e. The van der Waals surface area contributed by atoms with E-state index in [0.29, 0.717) is 13.0 Å². The van der Waals surface area contributed by atoms with Gasteiger partial charge in [-0.05, 0) is 18.6 Å². The average Bonchev–Trinajstić information content (AvgIpc) is 2.67. The highest BCUT2D eigenvalue weighted by Gasteiger charge is 2.39. The minimum atomic E-state index is -1.09. The first-order valence-corrected chi connectivity index (χ1v) is 7.11. The van der Waals surface area contributed by atoms with Crippen LogP contribution in [0.2, 0.25) is 0 Å².